The molecule has 4 fully saturated rings. The molecule has 4 saturated heterocycles. The van der Waals surface area contributed by atoms with Crippen molar-refractivity contribution >= 4 is 69.8 Å². The number of alkyl halides is 2. The van der Waals surface area contributed by atoms with Crippen LogP contribution in [-0.2, 0) is 119 Å². The standard InChI is InChI=1S/C27H31N5O3.2C26H32N6O3.C25H29F2N7O2/c1-18(33)30-12-9-25-23(16-30)27(29-32(25)22-10-13-35-17-22)31-11-3-4-20-14-19(5-7-24(20)31)21-6-8-26(34-2)28-15-21;2*1-17(34)30-8-6-25-23(14-30)26(28-32(25)21-7-10-35-16-21)31-9-5-19(15-33)22-11-18(3-4-24(22)31)20-12-27-29(2)13-20;1-31-12-16(11-29-31)18-9-15-3-2-6-33(22(15)10-19(18)23(26)27)24-20-13-32(25(28)35)7-4-21(20)34(30-24)17-5-8-36-14-17/h5-8,14-15,22H,3-4,9-13,16-17H2,1-2H3;2*3-4,11-13,19,21,33H,5-10,14-16H2,1-2H3;9-12,17,23H,2-8,13-14H2,1H3,(H2,28,35)/t22-;19-,21+;19-,21-;17-/m0100/s1. The van der Waals surface area contributed by atoms with Gasteiger partial charge in [-0.25, -0.2) is 18.6 Å². The second-order valence-corrected chi connectivity index (χ2v) is 39.1. The molecule has 12 aromatic rings. The molecule has 6 atom stereocenters. The van der Waals surface area contributed by atoms with Gasteiger partial charge in [-0.2, -0.15) is 35.7 Å². The van der Waals surface area contributed by atoms with Gasteiger partial charge >= 0.3 is 6.03 Å². The van der Waals surface area contributed by atoms with Crippen molar-refractivity contribution in [2.75, 3.05) is 145 Å². The first-order valence-electron chi connectivity index (χ1n) is 49.8. The molecule has 12 aliphatic rings. The number of fused-ring (bicyclic) bond motifs is 8. The number of nitrogens with zero attached hydrogens (tertiary/aromatic N) is 23. The summed E-state index contributed by atoms with van der Waals surface area (Å²) in [6, 6.07) is 27.4. The monoisotopic (exact) mass is 1920 g/mol. The summed E-state index contributed by atoms with van der Waals surface area (Å²) in [5.41, 5.74) is 31.2. The van der Waals surface area contributed by atoms with E-state index in [1.807, 2.05) is 87.6 Å². The van der Waals surface area contributed by atoms with Crippen LogP contribution < -0.4 is 30.1 Å². The molecule has 37 heteroatoms. The van der Waals surface area contributed by atoms with E-state index in [-0.39, 0.29) is 72.5 Å². The van der Waals surface area contributed by atoms with Gasteiger partial charge in [0.05, 0.1) is 116 Å². The van der Waals surface area contributed by atoms with E-state index in [0.717, 1.165) is 255 Å². The number of halogens is 2. The normalized spacial score (nSPS) is 20.7. The van der Waals surface area contributed by atoms with Crippen molar-refractivity contribution in [1.29, 1.82) is 0 Å². The lowest BCUT2D eigenvalue weighted by Gasteiger charge is -2.35. The van der Waals surface area contributed by atoms with E-state index in [2.05, 4.69) is 104 Å². The Labute approximate surface area is 817 Å². The number of aliphatic hydroxyl groups excluding tert-OH is 2. The van der Waals surface area contributed by atoms with Gasteiger partial charge in [0.15, 0.2) is 23.3 Å². The summed E-state index contributed by atoms with van der Waals surface area (Å²) in [6.45, 7) is 18.8. The van der Waals surface area contributed by atoms with Gasteiger partial charge in [-0.15, -0.1) is 0 Å². The first kappa shape index (κ1) is 94.1. The summed E-state index contributed by atoms with van der Waals surface area (Å²) in [7, 11) is 7.24. The molecule has 24 rings (SSSR count). The fourth-order valence-electron chi connectivity index (χ4n) is 22.9. The highest BCUT2D eigenvalue weighted by molar-refractivity contribution is 5.83. The van der Waals surface area contributed by atoms with Crippen LogP contribution in [0.25, 0.3) is 44.5 Å². The van der Waals surface area contributed by atoms with Crippen molar-refractivity contribution in [2.45, 2.75) is 179 Å². The van der Waals surface area contributed by atoms with Gasteiger partial charge in [-0.1, -0.05) is 18.2 Å². The summed E-state index contributed by atoms with van der Waals surface area (Å²) in [4.78, 5) is 69.5. The minimum Gasteiger partial charge on any atom is -0.481 e. The van der Waals surface area contributed by atoms with E-state index < -0.39 is 12.5 Å². The Bertz CT molecular complexity index is 6450. The number of aromatic nitrogens is 15. The van der Waals surface area contributed by atoms with Gasteiger partial charge in [0, 0.05) is 285 Å². The summed E-state index contributed by atoms with van der Waals surface area (Å²) in [5, 5.41) is 53.7. The van der Waals surface area contributed by atoms with Crippen molar-refractivity contribution in [1.82, 2.24) is 93.0 Å². The molecule has 35 nitrogen and oxygen atoms in total. The number of aliphatic hydroxyl groups is 2. The second-order valence-electron chi connectivity index (χ2n) is 39.1. The van der Waals surface area contributed by atoms with Crippen LogP contribution in [0, 0.1) is 0 Å². The number of hydrogen-bond donors (Lipinski definition) is 3. The van der Waals surface area contributed by atoms with Crippen LogP contribution in [0.3, 0.4) is 0 Å². The Morgan fingerprint density at radius 3 is 1.14 bits per heavy atom. The largest absolute Gasteiger partial charge is 0.481 e. The lowest BCUT2D eigenvalue weighted by Crippen LogP contribution is -2.40. The predicted octanol–water partition coefficient (Wildman–Crippen LogP) is 13.1. The highest BCUT2D eigenvalue weighted by Crippen LogP contribution is 2.50. The molecular formula is C104H124F2N24O11. The number of hydrogen-bond acceptors (Lipinski definition) is 23. The molecule has 5 amide bonds. The van der Waals surface area contributed by atoms with E-state index in [1.165, 1.54) is 33.9 Å². The molecule has 4 aromatic carbocycles. The molecule has 12 aliphatic heterocycles. The van der Waals surface area contributed by atoms with Gasteiger partial charge < -0.3 is 78.8 Å². The highest BCUT2D eigenvalue weighted by atomic mass is 19.3. The Hall–Kier alpha value is -13.2. The first-order chi connectivity index (χ1) is 68.6. The average molecular weight is 1920 g/mol. The Balaban J connectivity index is 0.000000111. The quantitative estimate of drug-likeness (QED) is 0.0809. The van der Waals surface area contributed by atoms with Gasteiger partial charge in [-0.3, -0.25) is 47.2 Å². The van der Waals surface area contributed by atoms with Crippen LogP contribution >= 0.6 is 0 Å². The number of benzene rings is 4. The Morgan fingerprint density at radius 2 is 0.787 bits per heavy atom. The third kappa shape index (κ3) is 18.5. The van der Waals surface area contributed by atoms with Crippen molar-refractivity contribution in [3.8, 4) is 50.4 Å². The first-order valence-corrected chi connectivity index (χ1v) is 49.8. The molecule has 0 bridgehead atoms. The van der Waals surface area contributed by atoms with E-state index in [4.69, 9.17) is 49.8 Å². The van der Waals surface area contributed by atoms with E-state index in [1.54, 1.807) is 72.3 Å². The number of ether oxygens (including phenoxy) is 5. The maximum absolute atomic E-state index is 14.3. The number of primary amides is 1. The van der Waals surface area contributed by atoms with Crippen molar-refractivity contribution in [2.24, 2.45) is 26.9 Å². The number of amides is 5. The van der Waals surface area contributed by atoms with Crippen LogP contribution in [0.2, 0.25) is 0 Å². The van der Waals surface area contributed by atoms with Crippen LogP contribution in [0.1, 0.15) is 187 Å². The summed E-state index contributed by atoms with van der Waals surface area (Å²) in [5.74, 6) is 4.67. The molecule has 0 unspecified atom stereocenters. The van der Waals surface area contributed by atoms with Crippen LogP contribution in [0.15, 0.2) is 122 Å². The maximum atomic E-state index is 14.3. The van der Waals surface area contributed by atoms with Crippen molar-refractivity contribution in [3.05, 3.63) is 195 Å². The van der Waals surface area contributed by atoms with Crippen LogP contribution in [0.4, 0.5) is 59.6 Å². The number of aryl methyl sites for hydroxylation is 5. The lowest BCUT2D eigenvalue weighted by molar-refractivity contribution is -0.130. The number of nitrogens with two attached hydrogens (primary N) is 1. The third-order valence-electron chi connectivity index (χ3n) is 30.5. The molecule has 8 aromatic heterocycles. The zero-order valence-electron chi connectivity index (χ0n) is 81.2. The van der Waals surface area contributed by atoms with Gasteiger partial charge in [0.1, 0.15) is 0 Å². The van der Waals surface area contributed by atoms with Crippen molar-refractivity contribution < 1.29 is 61.9 Å². The molecule has 4 N–H and O–H groups in total. The molecule has 0 aliphatic carbocycles. The zero-order chi connectivity index (χ0) is 97.1. The van der Waals surface area contributed by atoms with E-state index in [9.17, 15) is 38.2 Å². The fraction of sp³-hybridized carbons (Fsp3) is 0.481. The number of pyridine rings is 1. The van der Waals surface area contributed by atoms with Crippen molar-refractivity contribution in [3.63, 3.8) is 0 Å². The number of carbonyl (C=O) groups is 4. The predicted molar refractivity (Wildman–Crippen MR) is 526 cm³/mol. The second kappa shape index (κ2) is 40.1. The molecule has 0 spiro atoms. The van der Waals surface area contributed by atoms with Gasteiger partial charge in [0.25, 0.3) is 6.43 Å². The number of methoxy groups -OCH3 is 1. The minimum atomic E-state index is -2.64. The summed E-state index contributed by atoms with van der Waals surface area (Å²) >= 11 is 0. The fourth-order valence-corrected chi connectivity index (χ4v) is 22.9. The van der Waals surface area contributed by atoms with Gasteiger partial charge in [-0.05, 0) is 163 Å². The molecule has 141 heavy (non-hydrogen) atoms. The minimum absolute atomic E-state index is 0.0232. The SMILES string of the molecule is CC(=O)N1CCc2c(c(N3CC[C@@H](CO)c4cc(-c5cnn(C)c5)ccc43)nn2[C@H]2CCOC2)C1.CC(=O)N1CCc2c(c(N3CC[C@H](CO)c4cc(-c5cnn(C)c5)ccc43)nn2[C@H]2CCOC2)C1.COc1ccc(-c2ccc3c(c2)CCCN3c2nn([C@H]3CCOC3)c3c2CN(C(C)=O)CC3)cn1.Cn1cc(-c2cc3c(cc2C(F)F)N(c2nn([C@H]4CCOC4)c4c2CN(C(N)=O)CC4)CCC3)cn1. The molecule has 740 valence electrons. The Morgan fingerprint density at radius 1 is 0.418 bits per heavy atom. The molecular weight excluding hydrogens is 1800 g/mol. The maximum Gasteiger partial charge on any atom is 0.315 e. The summed E-state index contributed by atoms with van der Waals surface area (Å²) in [6.07, 6.45) is 22.6. The average Bonchev–Trinajstić information content (AvgIpc) is 1.65. The number of carbonyl (C=O) groups excluding carboxylic acids is 4. The molecule has 0 radical (unpaired) electrons. The van der Waals surface area contributed by atoms with Crippen LogP contribution in [0.5, 0.6) is 5.88 Å². The van der Waals surface area contributed by atoms with E-state index in [0.29, 0.717) is 95.7 Å². The summed E-state index contributed by atoms with van der Waals surface area (Å²) < 4.78 is 70.3. The highest BCUT2D eigenvalue weighted by Gasteiger charge is 2.42. The smallest absolute Gasteiger partial charge is 0.315 e. The number of urea groups is 1. The molecule has 20 heterocycles. The number of anilines is 8. The molecule has 0 saturated carbocycles. The topological polar surface area (TPSA) is 344 Å². The van der Waals surface area contributed by atoms with E-state index >= 15 is 0 Å². The Kier molecular flexibility index (Phi) is 26.7. The number of rotatable bonds is 16. The lowest BCUT2D eigenvalue weighted by atomic mass is 9.88. The van der Waals surface area contributed by atoms with Crippen LogP contribution in [-0.4, -0.2) is 253 Å². The third-order valence-corrected chi connectivity index (χ3v) is 30.5. The zero-order valence-corrected chi connectivity index (χ0v) is 81.2. The van der Waals surface area contributed by atoms with Gasteiger partial charge in [0.2, 0.25) is 23.6 Å².